The van der Waals surface area contributed by atoms with E-state index in [1.807, 2.05) is 0 Å². The number of rotatable bonds is 1. The van der Waals surface area contributed by atoms with Gasteiger partial charge in [0.05, 0.1) is 11.5 Å². The number of halogens is 1. The molecule has 4 atom stereocenters. The average molecular weight is 203 g/mol. The van der Waals surface area contributed by atoms with Crippen LogP contribution < -0.4 is 0 Å². The summed E-state index contributed by atoms with van der Waals surface area (Å²) in [4.78, 5) is 11.4. The largest absolute Gasteiger partial charge is 0.389 e. The fraction of sp³-hybridized carbons (Fsp3) is 0.900. The van der Waals surface area contributed by atoms with Gasteiger partial charge in [0, 0.05) is 5.38 Å². The van der Waals surface area contributed by atoms with E-state index in [1.54, 1.807) is 6.92 Å². The van der Waals surface area contributed by atoms with Gasteiger partial charge in [-0.05, 0) is 32.1 Å². The van der Waals surface area contributed by atoms with Crippen LogP contribution in [-0.4, -0.2) is 21.9 Å². The SMILES string of the molecule is CC(=O)[C@H]1[C@H](Cl)C[C@@H]2CCC[C@@]21O. The van der Waals surface area contributed by atoms with Gasteiger partial charge in [-0.25, -0.2) is 0 Å². The Kier molecular flexibility index (Phi) is 2.16. The monoisotopic (exact) mass is 202 g/mol. The number of hydrogen-bond acceptors (Lipinski definition) is 2. The third-order valence-corrected chi connectivity index (χ3v) is 4.11. The number of aliphatic hydroxyl groups is 1. The van der Waals surface area contributed by atoms with E-state index in [1.165, 1.54) is 0 Å². The standard InChI is InChI=1S/C10H15ClO2/c1-6(12)9-8(11)5-7-3-2-4-10(7,9)13/h7-9,13H,2-5H2,1H3/t7-,8+,9-,10+/m0/s1. The van der Waals surface area contributed by atoms with Gasteiger partial charge in [0.15, 0.2) is 0 Å². The van der Waals surface area contributed by atoms with Crippen LogP contribution in [0.15, 0.2) is 0 Å². The summed E-state index contributed by atoms with van der Waals surface area (Å²) in [5, 5.41) is 10.2. The molecule has 0 aromatic carbocycles. The smallest absolute Gasteiger partial charge is 0.137 e. The summed E-state index contributed by atoms with van der Waals surface area (Å²) in [7, 11) is 0. The van der Waals surface area contributed by atoms with Crippen molar-refractivity contribution in [2.24, 2.45) is 11.8 Å². The van der Waals surface area contributed by atoms with Crippen molar-refractivity contribution in [1.29, 1.82) is 0 Å². The molecular weight excluding hydrogens is 188 g/mol. The lowest BCUT2D eigenvalue weighted by Gasteiger charge is -2.28. The number of alkyl halides is 1. The molecule has 0 unspecified atom stereocenters. The van der Waals surface area contributed by atoms with Crippen molar-refractivity contribution in [1.82, 2.24) is 0 Å². The van der Waals surface area contributed by atoms with Crippen molar-refractivity contribution in [2.75, 3.05) is 0 Å². The van der Waals surface area contributed by atoms with Crippen LogP contribution in [-0.2, 0) is 4.79 Å². The molecule has 1 N–H and O–H groups in total. The predicted octanol–water partition coefficient (Wildman–Crippen LogP) is 1.73. The Morgan fingerprint density at radius 3 is 2.92 bits per heavy atom. The Bertz CT molecular complexity index is 241. The fourth-order valence-corrected chi connectivity index (χ4v) is 3.76. The minimum atomic E-state index is -0.766. The summed E-state index contributed by atoms with van der Waals surface area (Å²) in [5.41, 5.74) is -0.766. The lowest BCUT2D eigenvalue weighted by atomic mass is 9.84. The molecule has 2 nitrogen and oxygen atoms in total. The maximum Gasteiger partial charge on any atom is 0.137 e. The number of fused-ring (bicyclic) bond motifs is 1. The molecule has 2 fully saturated rings. The first-order valence-corrected chi connectivity index (χ1v) is 5.36. The van der Waals surface area contributed by atoms with E-state index in [-0.39, 0.29) is 23.0 Å². The van der Waals surface area contributed by atoms with Crippen LogP contribution >= 0.6 is 11.6 Å². The minimum absolute atomic E-state index is 0.0481. The molecule has 2 saturated carbocycles. The maximum absolute atomic E-state index is 11.4. The molecule has 0 amide bonds. The van der Waals surface area contributed by atoms with Crippen molar-refractivity contribution >= 4 is 17.4 Å². The number of ketones is 1. The lowest BCUT2D eigenvalue weighted by Crippen LogP contribution is -2.41. The molecule has 0 saturated heterocycles. The Balaban J connectivity index is 2.29. The fourth-order valence-electron chi connectivity index (χ4n) is 3.14. The van der Waals surface area contributed by atoms with Crippen molar-refractivity contribution in [3.63, 3.8) is 0 Å². The van der Waals surface area contributed by atoms with Gasteiger partial charge >= 0.3 is 0 Å². The van der Waals surface area contributed by atoms with Crippen molar-refractivity contribution in [3.8, 4) is 0 Å². The second-order valence-electron chi connectivity index (χ2n) is 4.42. The summed E-state index contributed by atoms with van der Waals surface area (Å²) in [5.74, 6) is -0.00235. The molecule has 2 aliphatic carbocycles. The van der Waals surface area contributed by atoms with Gasteiger partial charge in [-0.1, -0.05) is 6.42 Å². The van der Waals surface area contributed by atoms with Crippen LogP contribution in [0.4, 0.5) is 0 Å². The van der Waals surface area contributed by atoms with Gasteiger partial charge in [-0.15, -0.1) is 11.6 Å². The summed E-state index contributed by atoms with van der Waals surface area (Å²) in [6.07, 6.45) is 3.63. The van der Waals surface area contributed by atoms with Crippen molar-refractivity contribution < 1.29 is 9.90 Å². The van der Waals surface area contributed by atoms with Crippen LogP contribution in [0.25, 0.3) is 0 Å². The molecular formula is C10H15ClO2. The molecule has 0 aliphatic heterocycles. The highest BCUT2D eigenvalue weighted by Gasteiger charge is 2.57. The first-order chi connectivity index (χ1) is 6.05. The molecule has 0 radical (unpaired) electrons. The number of carbonyl (C=O) groups excluding carboxylic acids is 1. The van der Waals surface area contributed by atoms with E-state index in [9.17, 15) is 9.90 Å². The van der Waals surface area contributed by atoms with Crippen molar-refractivity contribution in [3.05, 3.63) is 0 Å². The van der Waals surface area contributed by atoms with Gasteiger partial charge in [0.25, 0.3) is 0 Å². The van der Waals surface area contributed by atoms with Gasteiger partial charge < -0.3 is 5.11 Å². The van der Waals surface area contributed by atoms with Gasteiger partial charge in [-0.2, -0.15) is 0 Å². The first kappa shape index (κ1) is 9.47. The lowest BCUT2D eigenvalue weighted by molar-refractivity contribution is -0.128. The number of carbonyl (C=O) groups is 1. The molecule has 74 valence electrons. The highest BCUT2D eigenvalue weighted by atomic mass is 35.5. The molecule has 0 heterocycles. The normalized spacial score (nSPS) is 49.3. The molecule has 0 aromatic heterocycles. The van der Waals surface area contributed by atoms with Crippen LogP contribution in [0.3, 0.4) is 0 Å². The third kappa shape index (κ3) is 1.23. The van der Waals surface area contributed by atoms with E-state index in [4.69, 9.17) is 11.6 Å². The second-order valence-corrected chi connectivity index (χ2v) is 4.98. The molecule has 0 aromatic rings. The average Bonchev–Trinajstić information content (AvgIpc) is 2.40. The molecule has 13 heavy (non-hydrogen) atoms. The Hall–Kier alpha value is -0.0800. The zero-order valence-corrected chi connectivity index (χ0v) is 8.55. The van der Waals surface area contributed by atoms with Gasteiger partial charge in [-0.3, -0.25) is 4.79 Å². The van der Waals surface area contributed by atoms with E-state index in [0.29, 0.717) is 0 Å². The highest BCUT2D eigenvalue weighted by Crippen LogP contribution is 2.52. The topological polar surface area (TPSA) is 37.3 Å². The van der Waals surface area contributed by atoms with E-state index in [2.05, 4.69) is 0 Å². The summed E-state index contributed by atoms with van der Waals surface area (Å²) >= 11 is 6.08. The quantitative estimate of drug-likeness (QED) is 0.658. The molecule has 0 bridgehead atoms. The van der Waals surface area contributed by atoms with Crippen LogP contribution in [0.2, 0.25) is 0 Å². The van der Waals surface area contributed by atoms with E-state index >= 15 is 0 Å². The first-order valence-electron chi connectivity index (χ1n) is 4.92. The van der Waals surface area contributed by atoms with Gasteiger partial charge in [0.2, 0.25) is 0 Å². The third-order valence-electron chi connectivity index (χ3n) is 3.68. The second kappa shape index (κ2) is 2.96. The minimum Gasteiger partial charge on any atom is -0.389 e. The Morgan fingerprint density at radius 1 is 1.62 bits per heavy atom. The van der Waals surface area contributed by atoms with Crippen molar-refractivity contribution in [2.45, 2.75) is 43.6 Å². The summed E-state index contributed by atoms with van der Waals surface area (Å²) < 4.78 is 0. The summed E-state index contributed by atoms with van der Waals surface area (Å²) in [6.45, 7) is 1.54. The molecule has 2 aliphatic rings. The molecule has 2 rings (SSSR count). The van der Waals surface area contributed by atoms with E-state index in [0.717, 1.165) is 25.7 Å². The van der Waals surface area contributed by atoms with Gasteiger partial charge in [0.1, 0.15) is 5.78 Å². The van der Waals surface area contributed by atoms with Crippen LogP contribution in [0, 0.1) is 11.8 Å². The number of Topliss-reactive ketones (excluding diaryl/α,β-unsaturated/α-hetero) is 1. The van der Waals surface area contributed by atoms with E-state index < -0.39 is 5.60 Å². The number of hydrogen-bond donors (Lipinski definition) is 1. The Morgan fingerprint density at radius 2 is 2.31 bits per heavy atom. The van der Waals surface area contributed by atoms with Crippen LogP contribution in [0.1, 0.15) is 32.6 Å². The zero-order chi connectivity index (χ0) is 9.64. The molecule has 0 spiro atoms. The summed E-state index contributed by atoms with van der Waals surface area (Å²) in [6, 6.07) is 0. The Labute approximate surface area is 83.3 Å². The predicted molar refractivity (Wildman–Crippen MR) is 50.7 cm³/mol. The highest BCUT2D eigenvalue weighted by molar-refractivity contribution is 6.22. The molecule has 3 heteroatoms. The van der Waals surface area contributed by atoms with Crippen LogP contribution in [0.5, 0.6) is 0 Å². The zero-order valence-electron chi connectivity index (χ0n) is 7.79. The maximum atomic E-state index is 11.4.